The van der Waals surface area contributed by atoms with Gasteiger partial charge in [0.2, 0.25) is 10.0 Å². The number of nitrogens with one attached hydrogen (secondary N) is 1. The molecule has 0 unspecified atom stereocenters. The van der Waals surface area contributed by atoms with Gasteiger partial charge in [-0.3, -0.25) is 4.72 Å². The molecule has 1 aromatic rings. The van der Waals surface area contributed by atoms with Crippen LogP contribution in [0.2, 0.25) is 10.0 Å². The largest absolute Gasteiger partial charge is 0.493 e. The van der Waals surface area contributed by atoms with Gasteiger partial charge in [-0.25, -0.2) is 8.42 Å². The normalized spacial score (nSPS) is 11.3. The van der Waals surface area contributed by atoms with E-state index in [0.717, 1.165) is 6.42 Å². The highest BCUT2D eigenvalue weighted by molar-refractivity contribution is 7.92. The third-order valence-corrected chi connectivity index (χ3v) is 4.10. The fourth-order valence-electron chi connectivity index (χ4n) is 1.40. The molecule has 0 aliphatic carbocycles. The summed E-state index contributed by atoms with van der Waals surface area (Å²) in [6.07, 6.45) is 1.39. The van der Waals surface area contributed by atoms with Gasteiger partial charge in [0.05, 0.1) is 23.6 Å². The first-order valence-electron chi connectivity index (χ1n) is 5.43. The molecule has 0 radical (unpaired) electrons. The molecule has 4 nitrogen and oxygen atoms in total. The van der Waals surface area contributed by atoms with E-state index in [1.807, 2.05) is 6.92 Å². The molecule has 1 rings (SSSR count). The lowest BCUT2D eigenvalue weighted by Crippen LogP contribution is -2.17. The molecule has 0 aliphatic heterocycles. The van der Waals surface area contributed by atoms with Crippen molar-refractivity contribution in [2.24, 2.45) is 0 Å². The number of rotatable bonds is 6. The predicted molar refractivity (Wildman–Crippen MR) is 75.3 cm³/mol. The maximum atomic E-state index is 11.8. The van der Waals surface area contributed by atoms with Crippen LogP contribution in [-0.2, 0) is 10.0 Å². The summed E-state index contributed by atoms with van der Waals surface area (Å²) in [6.45, 7) is 1.92. The Kier molecular flexibility index (Phi) is 5.56. The zero-order valence-electron chi connectivity index (χ0n) is 10.2. The molecule has 0 atom stereocenters. The standard InChI is InChI=1S/C11H15Cl2NO3S/c1-3-4-5-18(15,16)14-10-7-8(12)6-9(13)11(10)17-2/h6-7,14H,3-5H2,1-2H3. The third-order valence-electron chi connectivity index (χ3n) is 2.24. The Morgan fingerprint density at radius 1 is 1.33 bits per heavy atom. The first-order valence-corrected chi connectivity index (χ1v) is 7.84. The lowest BCUT2D eigenvalue weighted by atomic mass is 10.3. The van der Waals surface area contributed by atoms with E-state index in [1.165, 1.54) is 19.2 Å². The molecule has 0 bridgehead atoms. The summed E-state index contributed by atoms with van der Waals surface area (Å²) in [6, 6.07) is 2.96. The van der Waals surface area contributed by atoms with E-state index in [9.17, 15) is 8.42 Å². The minimum Gasteiger partial charge on any atom is -0.493 e. The van der Waals surface area contributed by atoms with Crippen molar-refractivity contribution in [2.75, 3.05) is 17.6 Å². The van der Waals surface area contributed by atoms with Crippen LogP contribution in [0.5, 0.6) is 5.75 Å². The van der Waals surface area contributed by atoms with Gasteiger partial charge in [-0.05, 0) is 18.6 Å². The fraction of sp³-hybridized carbons (Fsp3) is 0.455. The number of unbranched alkanes of at least 4 members (excludes halogenated alkanes) is 1. The minimum atomic E-state index is -3.41. The smallest absolute Gasteiger partial charge is 0.232 e. The summed E-state index contributed by atoms with van der Waals surface area (Å²) in [5.74, 6) is 0.317. The molecule has 0 spiro atoms. The van der Waals surface area contributed by atoms with Gasteiger partial charge >= 0.3 is 0 Å². The number of halogens is 2. The molecule has 0 amide bonds. The summed E-state index contributed by atoms with van der Waals surface area (Å²) >= 11 is 11.8. The lowest BCUT2D eigenvalue weighted by molar-refractivity contribution is 0.417. The molecule has 0 saturated heterocycles. The van der Waals surface area contributed by atoms with Gasteiger partial charge in [0.25, 0.3) is 0 Å². The number of hydrogen-bond acceptors (Lipinski definition) is 3. The van der Waals surface area contributed by atoms with E-state index < -0.39 is 10.0 Å². The van der Waals surface area contributed by atoms with E-state index in [0.29, 0.717) is 11.4 Å². The van der Waals surface area contributed by atoms with Gasteiger partial charge in [0.1, 0.15) is 0 Å². The third kappa shape index (κ3) is 4.23. The fourth-order valence-corrected chi connectivity index (χ4v) is 3.22. The summed E-state index contributed by atoms with van der Waals surface area (Å²) in [4.78, 5) is 0. The van der Waals surface area contributed by atoms with E-state index in [-0.39, 0.29) is 22.2 Å². The van der Waals surface area contributed by atoms with Crippen LogP contribution in [0.15, 0.2) is 12.1 Å². The van der Waals surface area contributed by atoms with Gasteiger partial charge < -0.3 is 4.74 Å². The van der Waals surface area contributed by atoms with Gasteiger partial charge in [-0.1, -0.05) is 36.5 Å². The summed E-state index contributed by atoms with van der Waals surface area (Å²) in [5.41, 5.74) is 0.256. The van der Waals surface area contributed by atoms with Crippen molar-refractivity contribution in [3.63, 3.8) is 0 Å². The Morgan fingerprint density at radius 2 is 2.00 bits per heavy atom. The molecule has 7 heteroatoms. The molecule has 102 valence electrons. The highest BCUT2D eigenvalue weighted by Crippen LogP contribution is 2.36. The number of methoxy groups -OCH3 is 1. The number of ether oxygens (including phenoxy) is 1. The van der Waals surface area contributed by atoms with E-state index in [2.05, 4.69) is 4.72 Å². The topological polar surface area (TPSA) is 55.4 Å². The van der Waals surface area contributed by atoms with Crippen LogP contribution in [0.1, 0.15) is 19.8 Å². The maximum absolute atomic E-state index is 11.8. The molecule has 0 saturated carbocycles. The van der Waals surface area contributed by atoms with Crippen molar-refractivity contribution in [1.82, 2.24) is 0 Å². The molecule has 0 fully saturated rings. The van der Waals surface area contributed by atoms with Crippen LogP contribution in [0.3, 0.4) is 0 Å². The number of benzene rings is 1. The lowest BCUT2D eigenvalue weighted by Gasteiger charge is -2.13. The number of hydrogen-bond donors (Lipinski definition) is 1. The summed E-state index contributed by atoms with van der Waals surface area (Å²) in [5, 5.41) is 0.604. The predicted octanol–water partition coefficient (Wildman–Crippen LogP) is 3.54. The summed E-state index contributed by atoms with van der Waals surface area (Å²) < 4.78 is 31.1. The zero-order valence-corrected chi connectivity index (χ0v) is 12.5. The second-order valence-corrected chi connectivity index (χ2v) is 6.43. The van der Waals surface area contributed by atoms with Gasteiger partial charge in [-0.2, -0.15) is 0 Å². The van der Waals surface area contributed by atoms with Crippen LogP contribution in [0, 0.1) is 0 Å². The van der Waals surface area contributed by atoms with E-state index in [1.54, 1.807) is 0 Å². The molecular formula is C11H15Cl2NO3S. The van der Waals surface area contributed by atoms with Crippen LogP contribution >= 0.6 is 23.2 Å². The Bertz CT molecular complexity index is 517. The Hall–Kier alpha value is -0.650. The molecule has 0 aliphatic rings. The molecule has 0 aromatic heterocycles. The second kappa shape index (κ2) is 6.50. The SMILES string of the molecule is CCCCS(=O)(=O)Nc1cc(Cl)cc(Cl)c1OC. The van der Waals surface area contributed by atoms with Gasteiger partial charge in [0.15, 0.2) is 5.75 Å². The van der Waals surface area contributed by atoms with Crippen molar-refractivity contribution < 1.29 is 13.2 Å². The van der Waals surface area contributed by atoms with Crippen molar-refractivity contribution in [2.45, 2.75) is 19.8 Å². The van der Waals surface area contributed by atoms with Crippen LogP contribution in [-0.4, -0.2) is 21.3 Å². The molecule has 0 heterocycles. The average Bonchev–Trinajstić information content (AvgIpc) is 2.25. The van der Waals surface area contributed by atoms with Crippen LogP contribution < -0.4 is 9.46 Å². The highest BCUT2D eigenvalue weighted by Gasteiger charge is 2.16. The summed E-state index contributed by atoms with van der Waals surface area (Å²) in [7, 11) is -1.99. The minimum absolute atomic E-state index is 0.0524. The molecule has 1 aromatic carbocycles. The number of anilines is 1. The van der Waals surface area contributed by atoms with Crippen molar-refractivity contribution in [1.29, 1.82) is 0 Å². The molecule has 1 N–H and O–H groups in total. The van der Waals surface area contributed by atoms with Gasteiger partial charge in [0, 0.05) is 5.02 Å². The Balaban J connectivity index is 3.03. The van der Waals surface area contributed by atoms with E-state index >= 15 is 0 Å². The van der Waals surface area contributed by atoms with Crippen molar-refractivity contribution in [3.05, 3.63) is 22.2 Å². The van der Waals surface area contributed by atoms with Crippen molar-refractivity contribution in [3.8, 4) is 5.75 Å². The quantitative estimate of drug-likeness (QED) is 0.874. The first-order chi connectivity index (χ1) is 8.39. The number of sulfonamides is 1. The Morgan fingerprint density at radius 3 is 2.56 bits per heavy atom. The van der Waals surface area contributed by atoms with Crippen LogP contribution in [0.25, 0.3) is 0 Å². The maximum Gasteiger partial charge on any atom is 0.232 e. The molecular weight excluding hydrogens is 297 g/mol. The average molecular weight is 312 g/mol. The van der Waals surface area contributed by atoms with Gasteiger partial charge in [-0.15, -0.1) is 0 Å². The highest BCUT2D eigenvalue weighted by atomic mass is 35.5. The second-order valence-electron chi connectivity index (χ2n) is 3.74. The van der Waals surface area contributed by atoms with Crippen molar-refractivity contribution >= 4 is 38.9 Å². The Labute approximate surface area is 117 Å². The first kappa shape index (κ1) is 15.4. The molecule has 18 heavy (non-hydrogen) atoms. The zero-order chi connectivity index (χ0) is 13.8. The van der Waals surface area contributed by atoms with Crippen LogP contribution in [0.4, 0.5) is 5.69 Å². The monoisotopic (exact) mass is 311 g/mol. The van der Waals surface area contributed by atoms with E-state index in [4.69, 9.17) is 27.9 Å².